The van der Waals surface area contributed by atoms with Gasteiger partial charge in [0.2, 0.25) is 0 Å². The molecule has 3 rings (SSSR count). The van der Waals surface area contributed by atoms with Crippen LogP contribution in [0.3, 0.4) is 0 Å². The summed E-state index contributed by atoms with van der Waals surface area (Å²) in [6.45, 7) is 0. The van der Waals surface area contributed by atoms with Crippen molar-refractivity contribution in [3.8, 4) is 16.9 Å². The number of aldehydes is 1. The molecule has 0 bridgehead atoms. The highest BCUT2D eigenvalue weighted by molar-refractivity contribution is 7.20. The Balaban J connectivity index is 2.18. The second-order valence-corrected chi connectivity index (χ2v) is 6.88. The Morgan fingerprint density at radius 2 is 1.95 bits per heavy atom. The highest BCUT2D eigenvalue weighted by Crippen LogP contribution is 2.38. The van der Waals surface area contributed by atoms with E-state index in [0.29, 0.717) is 36.2 Å². The number of benzene rings is 1. The number of carbonyl (C=O) groups is 1. The zero-order chi connectivity index (χ0) is 15.0. The van der Waals surface area contributed by atoms with Crippen LogP contribution in [-0.2, 0) is 0 Å². The monoisotopic (exact) mass is 356 g/mol. The van der Waals surface area contributed by atoms with Crippen molar-refractivity contribution in [2.45, 2.75) is 0 Å². The number of carbonyl (C=O) groups excluding carboxylic acids is 1. The van der Waals surface area contributed by atoms with Crippen molar-refractivity contribution in [1.29, 1.82) is 0 Å². The highest BCUT2D eigenvalue weighted by atomic mass is 35.5. The maximum absolute atomic E-state index is 11.3. The van der Waals surface area contributed by atoms with Gasteiger partial charge in [0, 0.05) is 11.8 Å². The molecular formula is C14H7Cl3N2OS. The van der Waals surface area contributed by atoms with E-state index >= 15 is 0 Å². The first-order valence-electron chi connectivity index (χ1n) is 5.85. The summed E-state index contributed by atoms with van der Waals surface area (Å²) in [4.78, 5) is 11.3. The zero-order valence-corrected chi connectivity index (χ0v) is 13.5. The van der Waals surface area contributed by atoms with Crippen molar-refractivity contribution in [2.24, 2.45) is 0 Å². The molecule has 106 valence electrons. The number of hydrogen-bond donors (Lipinski definition) is 0. The Morgan fingerprint density at radius 1 is 1.19 bits per heavy atom. The van der Waals surface area contributed by atoms with Gasteiger partial charge >= 0.3 is 0 Å². The fraction of sp³-hybridized carbons (Fsp3) is 0. The van der Waals surface area contributed by atoms with Gasteiger partial charge in [0.05, 0.1) is 20.6 Å². The van der Waals surface area contributed by atoms with E-state index in [-0.39, 0.29) is 0 Å². The summed E-state index contributed by atoms with van der Waals surface area (Å²) in [7, 11) is 0. The molecule has 2 heterocycles. The van der Waals surface area contributed by atoms with Crippen molar-refractivity contribution in [1.82, 2.24) is 9.78 Å². The van der Waals surface area contributed by atoms with E-state index in [1.54, 1.807) is 23.0 Å². The third kappa shape index (κ3) is 2.72. The van der Waals surface area contributed by atoms with E-state index in [2.05, 4.69) is 5.10 Å². The molecule has 0 fully saturated rings. The van der Waals surface area contributed by atoms with E-state index < -0.39 is 0 Å². The second-order valence-electron chi connectivity index (χ2n) is 4.18. The van der Waals surface area contributed by atoms with Crippen molar-refractivity contribution < 1.29 is 4.79 Å². The highest BCUT2D eigenvalue weighted by Gasteiger charge is 2.17. The fourth-order valence-electron chi connectivity index (χ4n) is 1.95. The van der Waals surface area contributed by atoms with Gasteiger partial charge in [0.15, 0.2) is 6.29 Å². The van der Waals surface area contributed by atoms with E-state index in [1.807, 2.05) is 18.2 Å². The Labute approximate surface area is 139 Å². The SMILES string of the molecule is O=Cc1cn(-c2ccccc2Cl)nc1-c1cc(Cl)sc1Cl. The van der Waals surface area contributed by atoms with Crippen LogP contribution in [0.2, 0.25) is 13.7 Å². The number of para-hydroxylation sites is 1. The van der Waals surface area contributed by atoms with Gasteiger partial charge in [0.25, 0.3) is 0 Å². The molecule has 21 heavy (non-hydrogen) atoms. The summed E-state index contributed by atoms with van der Waals surface area (Å²) >= 11 is 19.5. The predicted molar refractivity (Wildman–Crippen MR) is 87.3 cm³/mol. The lowest BCUT2D eigenvalue weighted by molar-refractivity contribution is 0.112. The average Bonchev–Trinajstić information content (AvgIpc) is 3.02. The molecule has 0 amide bonds. The van der Waals surface area contributed by atoms with Gasteiger partial charge in [-0.1, -0.05) is 46.9 Å². The Morgan fingerprint density at radius 3 is 2.57 bits per heavy atom. The predicted octanol–water partition coefficient (Wildman–Crippen LogP) is 5.37. The molecule has 1 aromatic carbocycles. The first kappa shape index (κ1) is 14.6. The lowest BCUT2D eigenvalue weighted by Crippen LogP contribution is -1.95. The smallest absolute Gasteiger partial charge is 0.153 e. The van der Waals surface area contributed by atoms with Gasteiger partial charge in [-0.2, -0.15) is 5.10 Å². The summed E-state index contributed by atoms with van der Waals surface area (Å²) in [5.74, 6) is 0. The molecule has 0 unspecified atom stereocenters. The van der Waals surface area contributed by atoms with Crippen molar-refractivity contribution in [3.63, 3.8) is 0 Å². The topological polar surface area (TPSA) is 34.9 Å². The maximum atomic E-state index is 11.3. The molecule has 0 radical (unpaired) electrons. The van der Waals surface area contributed by atoms with Gasteiger partial charge < -0.3 is 0 Å². The van der Waals surface area contributed by atoms with E-state index in [0.717, 1.165) is 6.29 Å². The molecule has 3 aromatic rings. The van der Waals surface area contributed by atoms with Crippen LogP contribution in [0.25, 0.3) is 16.9 Å². The molecule has 7 heteroatoms. The minimum atomic E-state index is 0.422. The number of nitrogens with zero attached hydrogens (tertiary/aromatic N) is 2. The lowest BCUT2D eigenvalue weighted by Gasteiger charge is -2.02. The van der Waals surface area contributed by atoms with Crippen LogP contribution in [0.15, 0.2) is 36.5 Å². The molecule has 0 aliphatic heterocycles. The number of thiophene rings is 1. The average molecular weight is 358 g/mol. The molecule has 0 spiro atoms. The largest absolute Gasteiger partial charge is 0.298 e. The third-order valence-electron chi connectivity index (χ3n) is 2.88. The molecule has 2 aromatic heterocycles. The summed E-state index contributed by atoms with van der Waals surface area (Å²) in [6, 6.07) is 8.94. The number of aromatic nitrogens is 2. The fourth-order valence-corrected chi connectivity index (χ4v) is 3.63. The second kappa shape index (κ2) is 5.81. The van der Waals surface area contributed by atoms with Gasteiger partial charge in [-0.15, -0.1) is 11.3 Å². The minimum absolute atomic E-state index is 0.422. The normalized spacial score (nSPS) is 10.8. The quantitative estimate of drug-likeness (QED) is 0.590. The summed E-state index contributed by atoms with van der Waals surface area (Å²) in [6.07, 6.45) is 2.35. The molecule has 0 saturated heterocycles. The van der Waals surface area contributed by atoms with Crippen molar-refractivity contribution in [3.05, 3.63) is 55.8 Å². The van der Waals surface area contributed by atoms with Gasteiger partial charge in [-0.05, 0) is 18.2 Å². The van der Waals surface area contributed by atoms with Crippen LogP contribution in [0.4, 0.5) is 0 Å². The van der Waals surface area contributed by atoms with Gasteiger partial charge in [0.1, 0.15) is 10.0 Å². The maximum Gasteiger partial charge on any atom is 0.153 e. The van der Waals surface area contributed by atoms with E-state index in [9.17, 15) is 4.79 Å². The van der Waals surface area contributed by atoms with E-state index in [1.165, 1.54) is 11.3 Å². The van der Waals surface area contributed by atoms with Crippen LogP contribution in [0.5, 0.6) is 0 Å². The zero-order valence-electron chi connectivity index (χ0n) is 10.4. The van der Waals surface area contributed by atoms with Crippen molar-refractivity contribution in [2.75, 3.05) is 0 Å². The van der Waals surface area contributed by atoms with Crippen LogP contribution in [0, 0.1) is 0 Å². The molecule has 0 N–H and O–H groups in total. The summed E-state index contributed by atoms with van der Waals surface area (Å²) in [5, 5.41) is 4.96. The summed E-state index contributed by atoms with van der Waals surface area (Å²) < 4.78 is 2.59. The standard InChI is InChI=1S/C14H7Cl3N2OS/c15-10-3-1-2-4-11(10)19-6-8(7-20)13(18-19)9-5-12(16)21-14(9)17/h1-7H. The number of rotatable bonds is 3. The van der Waals surface area contributed by atoms with Crippen LogP contribution < -0.4 is 0 Å². The van der Waals surface area contributed by atoms with Crippen molar-refractivity contribution >= 4 is 52.4 Å². The van der Waals surface area contributed by atoms with Gasteiger partial charge in [-0.25, -0.2) is 4.68 Å². The van der Waals surface area contributed by atoms with E-state index in [4.69, 9.17) is 34.8 Å². The van der Waals surface area contributed by atoms with Crippen LogP contribution in [0.1, 0.15) is 10.4 Å². The number of hydrogen-bond acceptors (Lipinski definition) is 3. The summed E-state index contributed by atoms with van der Waals surface area (Å²) in [5.41, 5.74) is 2.23. The lowest BCUT2D eigenvalue weighted by atomic mass is 10.2. The third-order valence-corrected chi connectivity index (χ3v) is 4.69. The minimum Gasteiger partial charge on any atom is -0.298 e. The molecule has 0 saturated carbocycles. The Hall–Kier alpha value is -1.33. The first-order valence-corrected chi connectivity index (χ1v) is 7.80. The molecule has 3 nitrogen and oxygen atoms in total. The number of halogens is 3. The molecule has 0 aliphatic carbocycles. The van der Waals surface area contributed by atoms with Crippen LogP contribution >= 0.6 is 46.1 Å². The Kier molecular flexibility index (Phi) is 4.04. The Bertz CT molecular complexity index is 825. The van der Waals surface area contributed by atoms with Crippen LogP contribution in [-0.4, -0.2) is 16.1 Å². The molecular weight excluding hydrogens is 351 g/mol. The van der Waals surface area contributed by atoms with Gasteiger partial charge in [-0.3, -0.25) is 4.79 Å². The first-order chi connectivity index (χ1) is 10.1. The molecule has 0 atom stereocenters. The molecule has 0 aliphatic rings.